The fourth-order valence-corrected chi connectivity index (χ4v) is 7.06. The third-order valence-corrected chi connectivity index (χ3v) is 8.50. The zero-order valence-corrected chi connectivity index (χ0v) is 19.4. The molecular formula is C18H8Br2N4OS3. The van der Waals surface area contributed by atoms with E-state index in [-0.39, 0.29) is 17.0 Å². The van der Waals surface area contributed by atoms with Crippen molar-refractivity contribution in [2.75, 3.05) is 0 Å². The molecule has 5 nitrogen and oxygen atoms in total. The molecule has 0 bridgehead atoms. The number of hydrogen-bond donors (Lipinski definition) is 1. The van der Waals surface area contributed by atoms with Crippen LogP contribution in [0.25, 0.3) is 17.5 Å². The fourth-order valence-electron chi connectivity index (χ4n) is 2.95. The van der Waals surface area contributed by atoms with Crippen molar-refractivity contribution in [2.24, 2.45) is 5.73 Å². The molecule has 1 aliphatic heterocycles. The summed E-state index contributed by atoms with van der Waals surface area (Å²) < 4.78 is 4.07. The predicted octanol–water partition coefficient (Wildman–Crippen LogP) is 3.51. The van der Waals surface area contributed by atoms with Crippen molar-refractivity contribution in [1.82, 2.24) is 4.57 Å². The van der Waals surface area contributed by atoms with Crippen LogP contribution in [0.3, 0.4) is 0 Å². The summed E-state index contributed by atoms with van der Waals surface area (Å²) in [7, 11) is 0. The monoisotopic (exact) mass is 550 g/mol. The third kappa shape index (κ3) is 3.11. The minimum absolute atomic E-state index is 0.0827. The second kappa shape index (κ2) is 7.47. The van der Waals surface area contributed by atoms with E-state index < -0.39 is 5.92 Å². The lowest BCUT2D eigenvalue weighted by Gasteiger charge is -2.20. The average Bonchev–Trinajstić information content (AvgIpc) is 3.35. The number of halogens is 2. The predicted molar refractivity (Wildman–Crippen MR) is 120 cm³/mol. The summed E-state index contributed by atoms with van der Waals surface area (Å²) >= 11 is 11.0. The molecule has 0 saturated heterocycles. The van der Waals surface area contributed by atoms with Crippen LogP contribution >= 0.6 is 65.9 Å². The van der Waals surface area contributed by atoms with Crippen LogP contribution in [-0.2, 0) is 0 Å². The van der Waals surface area contributed by atoms with Gasteiger partial charge in [0.1, 0.15) is 10.5 Å². The lowest BCUT2D eigenvalue weighted by atomic mass is 9.89. The van der Waals surface area contributed by atoms with E-state index in [1.165, 1.54) is 38.6 Å². The minimum Gasteiger partial charge on any atom is -0.384 e. The molecule has 0 aliphatic carbocycles. The van der Waals surface area contributed by atoms with Gasteiger partial charge < -0.3 is 5.73 Å². The first-order valence-electron chi connectivity index (χ1n) is 7.73. The standard InChI is InChI=1S/C18H8Br2N4OS3/c19-13-3-1-8(26-13)5-12-17(25)24-16(23)9(6-21)15(10(7-22)18(24)28-12)11-2-4-14(20)27-11/h1-5,15H,23H2/b12-5-/t15-/m0/s1. The molecule has 0 aromatic carbocycles. The van der Waals surface area contributed by atoms with Gasteiger partial charge in [0.2, 0.25) is 0 Å². The number of allylic oxidation sites excluding steroid dienone is 1. The Hall–Kier alpha value is -1.95. The van der Waals surface area contributed by atoms with E-state index in [0.29, 0.717) is 14.8 Å². The number of rotatable bonds is 2. The summed E-state index contributed by atoms with van der Waals surface area (Å²) in [5, 5.41) is 19.6. The summed E-state index contributed by atoms with van der Waals surface area (Å²) in [6.07, 6.45) is 1.78. The molecule has 0 unspecified atom stereocenters. The number of nitriles is 2. The van der Waals surface area contributed by atoms with Gasteiger partial charge >= 0.3 is 0 Å². The van der Waals surface area contributed by atoms with Gasteiger partial charge in [0, 0.05) is 9.75 Å². The van der Waals surface area contributed by atoms with E-state index in [9.17, 15) is 15.3 Å². The fraction of sp³-hybridized carbons (Fsp3) is 0.0556. The zero-order chi connectivity index (χ0) is 20.0. The van der Waals surface area contributed by atoms with Crippen molar-refractivity contribution in [3.63, 3.8) is 0 Å². The van der Waals surface area contributed by atoms with Crippen molar-refractivity contribution >= 4 is 83.3 Å². The summed E-state index contributed by atoms with van der Waals surface area (Å²) in [5.74, 6) is -0.493. The van der Waals surface area contributed by atoms with E-state index in [2.05, 4.69) is 44.0 Å². The van der Waals surface area contributed by atoms with Gasteiger partial charge in [-0.05, 0) is 62.2 Å². The number of nitrogens with zero attached hydrogens (tertiary/aromatic N) is 3. The number of fused-ring (bicyclic) bond motifs is 1. The van der Waals surface area contributed by atoms with Gasteiger partial charge in [-0.25, -0.2) is 0 Å². The molecule has 3 aromatic heterocycles. The molecule has 4 heterocycles. The molecule has 28 heavy (non-hydrogen) atoms. The Labute approximate surface area is 187 Å². The van der Waals surface area contributed by atoms with Crippen molar-refractivity contribution in [2.45, 2.75) is 5.92 Å². The number of aromatic nitrogens is 1. The number of hydrogen-bond acceptors (Lipinski definition) is 7. The smallest absolute Gasteiger partial charge is 0.274 e. The van der Waals surface area contributed by atoms with E-state index in [1.54, 1.807) is 6.08 Å². The average molecular weight is 552 g/mol. The molecule has 10 heteroatoms. The van der Waals surface area contributed by atoms with Gasteiger partial charge in [0.15, 0.2) is 0 Å². The number of thiophene rings is 2. The summed E-state index contributed by atoms with van der Waals surface area (Å²) in [6, 6.07) is 11.9. The van der Waals surface area contributed by atoms with Gasteiger partial charge in [-0.2, -0.15) is 10.5 Å². The van der Waals surface area contributed by atoms with Crippen LogP contribution in [0.4, 0.5) is 0 Å². The van der Waals surface area contributed by atoms with Crippen LogP contribution in [0.1, 0.15) is 15.7 Å². The maximum absolute atomic E-state index is 13.0. The maximum Gasteiger partial charge on any atom is 0.274 e. The molecule has 3 aromatic rings. The van der Waals surface area contributed by atoms with Crippen molar-refractivity contribution in [3.8, 4) is 12.1 Å². The molecule has 0 spiro atoms. The van der Waals surface area contributed by atoms with Crippen LogP contribution in [0.15, 0.2) is 42.2 Å². The third-order valence-electron chi connectivity index (χ3n) is 4.13. The van der Waals surface area contributed by atoms with Crippen molar-refractivity contribution in [1.29, 1.82) is 10.5 Å². The normalized spacial score (nSPS) is 16.8. The highest BCUT2D eigenvalue weighted by Crippen LogP contribution is 2.40. The Morgan fingerprint density at radius 2 is 1.71 bits per heavy atom. The SMILES string of the molecule is N#CC1=C(N)n2c(s/c(=C\c3ccc(Br)s3)c2=O)=C(C#N)[C@H]1c1ccc(Br)s1. The van der Waals surface area contributed by atoms with E-state index in [1.807, 2.05) is 24.3 Å². The quantitative estimate of drug-likeness (QED) is 0.527. The Morgan fingerprint density at radius 1 is 1.04 bits per heavy atom. The summed E-state index contributed by atoms with van der Waals surface area (Å²) in [4.78, 5) is 14.7. The second-order valence-corrected chi connectivity index (χ2v) is 11.7. The Bertz CT molecular complexity index is 1410. The van der Waals surface area contributed by atoms with Crippen LogP contribution in [0, 0.1) is 22.7 Å². The van der Waals surface area contributed by atoms with Crippen LogP contribution in [0.2, 0.25) is 0 Å². The van der Waals surface area contributed by atoms with Crippen molar-refractivity contribution in [3.05, 3.63) is 66.7 Å². The first-order valence-corrected chi connectivity index (χ1v) is 11.8. The Morgan fingerprint density at radius 3 is 2.29 bits per heavy atom. The van der Waals surface area contributed by atoms with E-state index in [4.69, 9.17) is 5.73 Å². The van der Waals surface area contributed by atoms with E-state index >= 15 is 0 Å². The molecular weight excluding hydrogens is 544 g/mol. The topological polar surface area (TPSA) is 95.6 Å². The van der Waals surface area contributed by atoms with Crippen LogP contribution < -0.4 is 20.5 Å². The molecule has 138 valence electrons. The Kier molecular flexibility index (Phi) is 5.17. The summed E-state index contributed by atoms with van der Waals surface area (Å²) in [5.41, 5.74) is 6.48. The Balaban J connectivity index is 2.07. The molecule has 0 saturated carbocycles. The van der Waals surface area contributed by atoms with Gasteiger partial charge in [0.05, 0.1) is 41.3 Å². The first kappa shape index (κ1) is 19.4. The molecule has 0 radical (unpaired) electrons. The van der Waals surface area contributed by atoms with Gasteiger partial charge in [-0.3, -0.25) is 9.36 Å². The maximum atomic E-state index is 13.0. The minimum atomic E-state index is -0.576. The summed E-state index contributed by atoms with van der Waals surface area (Å²) in [6.45, 7) is 0. The second-order valence-electron chi connectivity index (χ2n) is 5.71. The lowest BCUT2D eigenvalue weighted by Crippen LogP contribution is -2.38. The lowest BCUT2D eigenvalue weighted by molar-refractivity contribution is 0.914. The molecule has 0 amide bonds. The first-order chi connectivity index (χ1) is 13.4. The highest BCUT2D eigenvalue weighted by molar-refractivity contribution is 9.11. The van der Waals surface area contributed by atoms with Gasteiger partial charge in [-0.15, -0.1) is 34.0 Å². The number of thiazole rings is 1. The van der Waals surface area contributed by atoms with Gasteiger partial charge in [-0.1, -0.05) is 0 Å². The van der Waals surface area contributed by atoms with E-state index in [0.717, 1.165) is 17.3 Å². The molecule has 4 rings (SSSR count). The molecule has 1 aliphatic rings. The van der Waals surface area contributed by atoms with Crippen LogP contribution in [-0.4, -0.2) is 4.57 Å². The van der Waals surface area contributed by atoms with Gasteiger partial charge in [0.25, 0.3) is 5.56 Å². The highest BCUT2D eigenvalue weighted by atomic mass is 79.9. The largest absolute Gasteiger partial charge is 0.384 e. The van der Waals surface area contributed by atoms with Crippen molar-refractivity contribution < 1.29 is 0 Å². The molecule has 1 atom stereocenters. The zero-order valence-electron chi connectivity index (χ0n) is 13.8. The molecule has 0 fully saturated rings. The van der Waals surface area contributed by atoms with Crippen LogP contribution in [0.5, 0.6) is 0 Å². The number of nitrogens with two attached hydrogens (primary N) is 1. The highest BCUT2D eigenvalue weighted by Gasteiger charge is 2.33. The molecule has 2 N–H and O–H groups in total.